The van der Waals surface area contributed by atoms with Gasteiger partial charge < -0.3 is 10.1 Å². The zero-order valence-electron chi connectivity index (χ0n) is 11.6. The molecule has 0 aliphatic heterocycles. The van der Waals surface area contributed by atoms with Crippen LogP contribution in [-0.4, -0.2) is 18.0 Å². The van der Waals surface area contributed by atoms with Gasteiger partial charge in [-0.15, -0.1) is 0 Å². The summed E-state index contributed by atoms with van der Waals surface area (Å²) in [6.45, 7) is 3.38. The van der Waals surface area contributed by atoms with Gasteiger partial charge in [-0.1, -0.05) is 17.7 Å². The van der Waals surface area contributed by atoms with E-state index in [4.69, 9.17) is 16.3 Å². The van der Waals surface area contributed by atoms with E-state index in [1.54, 1.807) is 35.0 Å². The molecule has 0 saturated carbocycles. The van der Waals surface area contributed by atoms with Crippen LogP contribution in [0.2, 0.25) is 5.02 Å². The molecule has 1 aromatic carbocycles. The third-order valence-electron chi connectivity index (χ3n) is 2.87. The molecule has 1 N–H and O–H groups in total. The van der Waals surface area contributed by atoms with Gasteiger partial charge in [0.25, 0.3) is 5.91 Å². The van der Waals surface area contributed by atoms with E-state index in [9.17, 15) is 9.59 Å². The standard InChI is InChI=1S/C15H14ClNO3S/c1-9-3-4-12(16)7-13(9)17-14(18)10(2)20-15(19)11-5-6-21-8-11/h3-8,10H,1-2H3,(H,17,18)/t10-/m0/s1. The first-order valence-electron chi connectivity index (χ1n) is 6.27. The number of carbonyl (C=O) groups excluding carboxylic acids is 2. The van der Waals surface area contributed by atoms with Gasteiger partial charge in [-0.2, -0.15) is 11.3 Å². The van der Waals surface area contributed by atoms with Crippen molar-refractivity contribution in [2.75, 3.05) is 5.32 Å². The molecule has 6 heteroatoms. The van der Waals surface area contributed by atoms with Crippen molar-refractivity contribution in [1.82, 2.24) is 0 Å². The number of carbonyl (C=O) groups is 2. The molecule has 4 nitrogen and oxygen atoms in total. The number of aryl methyl sites for hydroxylation is 1. The van der Waals surface area contributed by atoms with E-state index in [2.05, 4.69) is 5.32 Å². The fraction of sp³-hybridized carbons (Fsp3) is 0.200. The van der Waals surface area contributed by atoms with Crippen LogP contribution in [0.15, 0.2) is 35.0 Å². The van der Waals surface area contributed by atoms with Gasteiger partial charge in [0, 0.05) is 16.1 Å². The van der Waals surface area contributed by atoms with Gasteiger partial charge in [-0.25, -0.2) is 4.79 Å². The maximum absolute atomic E-state index is 12.1. The minimum Gasteiger partial charge on any atom is -0.449 e. The number of anilines is 1. The zero-order chi connectivity index (χ0) is 15.4. The van der Waals surface area contributed by atoms with Crippen LogP contribution in [0, 0.1) is 6.92 Å². The van der Waals surface area contributed by atoms with Crippen LogP contribution >= 0.6 is 22.9 Å². The van der Waals surface area contributed by atoms with Crippen molar-refractivity contribution in [3.05, 3.63) is 51.2 Å². The molecule has 1 amide bonds. The van der Waals surface area contributed by atoms with Crippen molar-refractivity contribution in [3.63, 3.8) is 0 Å². The Hall–Kier alpha value is -1.85. The second-order valence-electron chi connectivity index (χ2n) is 4.51. The van der Waals surface area contributed by atoms with Crippen LogP contribution < -0.4 is 5.32 Å². The molecular formula is C15H14ClNO3S. The summed E-state index contributed by atoms with van der Waals surface area (Å²) in [4.78, 5) is 23.8. The molecule has 1 aromatic heterocycles. The lowest BCUT2D eigenvalue weighted by Crippen LogP contribution is -2.30. The second-order valence-corrected chi connectivity index (χ2v) is 5.72. The Morgan fingerprint density at radius 3 is 2.76 bits per heavy atom. The van der Waals surface area contributed by atoms with E-state index < -0.39 is 18.0 Å². The largest absolute Gasteiger partial charge is 0.449 e. The van der Waals surface area contributed by atoms with Crippen molar-refractivity contribution < 1.29 is 14.3 Å². The first kappa shape index (κ1) is 15.5. The monoisotopic (exact) mass is 323 g/mol. The molecule has 1 heterocycles. The summed E-state index contributed by atoms with van der Waals surface area (Å²) < 4.78 is 5.12. The second kappa shape index (κ2) is 6.74. The van der Waals surface area contributed by atoms with Gasteiger partial charge in [0.05, 0.1) is 5.56 Å². The first-order chi connectivity index (χ1) is 9.97. The maximum Gasteiger partial charge on any atom is 0.339 e. The van der Waals surface area contributed by atoms with Crippen LogP contribution in [0.1, 0.15) is 22.8 Å². The summed E-state index contributed by atoms with van der Waals surface area (Å²) in [7, 11) is 0. The summed E-state index contributed by atoms with van der Waals surface area (Å²) in [5, 5.41) is 6.68. The molecule has 0 aliphatic rings. The number of rotatable bonds is 4. The molecule has 2 rings (SSSR count). The van der Waals surface area contributed by atoms with E-state index >= 15 is 0 Å². The highest BCUT2D eigenvalue weighted by atomic mass is 35.5. The summed E-state index contributed by atoms with van der Waals surface area (Å²) >= 11 is 7.29. The molecule has 0 fully saturated rings. The van der Waals surface area contributed by atoms with Gasteiger partial charge in [-0.05, 0) is 43.0 Å². The quantitative estimate of drug-likeness (QED) is 0.868. The average Bonchev–Trinajstić information content (AvgIpc) is 2.97. The van der Waals surface area contributed by atoms with E-state index in [0.717, 1.165) is 5.56 Å². The number of amides is 1. The van der Waals surface area contributed by atoms with E-state index in [1.807, 2.05) is 6.92 Å². The van der Waals surface area contributed by atoms with E-state index in [0.29, 0.717) is 16.3 Å². The summed E-state index contributed by atoms with van der Waals surface area (Å²) in [5.74, 6) is -0.911. The van der Waals surface area contributed by atoms with Gasteiger partial charge in [0.1, 0.15) is 0 Å². The predicted octanol–water partition coefficient (Wildman–Crippen LogP) is 3.89. The van der Waals surface area contributed by atoms with Gasteiger partial charge >= 0.3 is 5.97 Å². The maximum atomic E-state index is 12.1. The molecule has 0 spiro atoms. The minimum absolute atomic E-state index is 0.399. The number of thiophene rings is 1. The van der Waals surface area contributed by atoms with E-state index in [1.165, 1.54) is 18.3 Å². The van der Waals surface area contributed by atoms with Crippen molar-refractivity contribution >= 4 is 40.5 Å². The van der Waals surface area contributed by atoms with Crippen molar-refractivity contribution in [3.8, 4) is 0 Å². The molecule has 2 aromatic rings. The van der Waals surface area contributed by atoms with Crippen molar-refractivity contribution in [2.45, 2.75) is 20.0 Å². The smallest absolute Gasteiger partial charge is 0.339 e. The number of halogens is 1. The number of benzene rings is 1. The topological polar surface area (TPSA) is 55.4 Å². The molecule has 21 heavy (non-hydrogen) atoms. The van der Waals surface area contributed by atoms with Crippen molar-refractivity contribution in [1.29, 1.82) is 0 Å². The third-order valence-corrected chi connectivity index (χ3v) is 3.79. The number of esters is 1. The zero-order valence-corrected chi connectivity index (χ0v) is 13.1. The lowest BCUT2D eigenvalue weighted by atomic mass is 10.2. The Balaban J connectivity index is 1.99. The third kappa shape index (κ3) is 4.06. The Morgan fingerprint density at radius 1 is 1.33 bits per heavy atom. The van der Waals surface area contributed by atoms with Crippen LogP contribution in [0.5, 0.6) is 0 Å². The molecule has 110 valence electrons. The molecular weight excluding hydrogens is 310 g/mol. The van der Waals surface area contributed by atoms with Gasteiger partial charge in [0.15, 0.2) is 6.10 Å². The molecule has 0 radical (unpaired) electrons. The lowest BCUT2D eigenvalue weighted by Gasteiger charge is -2.14. The van der Waals surface area contributed by atoms with Gasteiger partial charge in [0.2, 0.25) is 0 Å². The van der Waals surface area contributed by atoms with Crippen LogP contribution in [0.3, 0.4) is 0 Å². The normalized spacial score (nSPS) is 11.8. The Bertz CT molecular complexity index is 655. The average molecular weight is 324 g/mol. The number of hydrogen-bond acceptors (Lipinski definition) is 4. The minimum atomic E-state index is -0.893. The lowest BCUT2D eigenvalue weighted by molar-refractivity contribution is -0.123. The summed E-state index contributed by atoms with van der Waals surface area (Å²) in [5.41, 5.74) is 1.92. The summed E-state index contributed by atoms with van der Waals surface area (Å²) in [6, 6.07) is 6.85. The Kier molecular flexibility index (Phi) is 4.98. The molecule has 0 aliphatic carbocycles. The number of hydrogen-bond donors (Lipinski definition) is 1. The van der Waals surface area contributed by atoms with E-state index in [-0.39, 0.29) is 0 Å². The number of ether oxygens (including phenoxy) is 1. The van der Waals surface area contributed by atoms with Gasteiger partial charge in [-0.3, -0.25) is 4.79 Å². The SMILES string of the molecule is Cc1ccc(Cl)cc1NC(=O)[C@H](C)OC(=O)c1ccsc1. The fourth-order valence-electron chi connectivity index (χ4n) is 1.63. The Labute approximate surface area is 131 Å². The molecule has 0 bridgehead atoms. The highest BCUT2D eigenvalue weighted by molar-refractivity contribution is 7.08. The summed E-state index contributed by atoms with van der Waals surface area (Å²) in [6.07, 6.45) is -0.893. The Morgan fingerprint density at radius 2 is 2.10 bits per heavy atom. The first-order valence-corrected chi connectivity index (χ1v) is 7.59. The highest BCUT2D eigenvalue weighted by Gasteiger charge is 2.19. The van der Waals surface area contributed by atoms with Crippen LogP contribution in [0.4, 0.5) is 5.69 Å². The predicted molar refractivity (Wildman–Crippen MR) is 84.0 cm³/mol. The number of nitrogens with one attached hydrogen (secondary N) is 1. The fourth-order valence-corrected chi connectivity index (χ4v) is 2.42. The molecule has 0 saturated heterocycles. The van der Waals surface area contributed by atoms with Crippen LogP contribution in [0.25, 0.3) is 0 Å². The molecule has 1 atom stereocenters. The molecule has 0 unspecified atom stereocenters. The van der Waals surface area contributed by atoms with Crippen LogP contribution in [-0.2, 0) is 9.53 Å². The highest BCUT2D eigenvalue weighted by Crippen LogP contribution is 2.20. The van der Waals surface area contributed by atoms with Crippen molar-refractivity contribution in [2.24, 2.45) is 0 Å².